The molecule has 0 spiro atoms. The van der Waals surface area contributed by atoms with Crippen LogP contribution in [0.5, 0.6) is 11.6 Å². The van der Waals surface area contributed by atoms with E-state index in [0.717, 1.165) is 24.1 Å². The molecule has 0 aliphatic carbocycles. The normalized spacial score (nSPS) is 10.6. The number of aromatic nitrogens is 1. The zero-order valence-electron chi connectivity index (χ0n) is 15.6. The minimum Gasteiger partial charge on any atom is -0.439 e. The van der Waals surface area contributed by atoms with Crippen LogP contribution in [0.2, 0.25) is 0 Å². The minimum atomic E-state index is -0.523. The highest BCUT2D eigenvalue weighted by Crippen LogP contribution is 2.24. The van der Waals surface area contributed by atoms with Gasteiger partial charge in [0.1, 0.15) is 11.6 Å². The van der Waals surface area contributed by atoms with Gasteiger partial charge in [0.2, 0.25) is 11.8 Å². The standard InChI is InChI=1S/C22H22FN3O2/c1-15-11-16(9-10-25-13-17-3-2-4-19(23)12-17)5-7-20(15)28-21-8-6-18(14-26-21)22(24)27/h2-8,11-12,14,25H,9-10,13H2,1H3,(H2,24,27). The number of halogens is 1. The summed E-state index contributed by atoms with van der Waals surface area (Å²) in [6.07, 6.45) is 2.24. The lowest BCUT2D eigenvalue weighted by molar-refractivity contribution is 0.1000. The molecular weight excluding hydrogens is 357 g/mol. The van der Waals surface area contributed by atoms with Crippen molar-refractivity contribution >= 4 is 5.91 Å². The zero-order valence-corrected chi connectivity index (χ0v) is 15.6. The summed E-state index contributed by atoms with van der Waals surface area (Å²) in [6, 6.07) is 15.8. The number of benzene rings is 2. The van der Waals surface area contributed by atoms with Crippen LogP contribution in [-0.2, 0) is 13.0 Å². The van der Waals surface area contributed by atoms with Gasteiger partial charge in [-0.2, -0.15) is 0 Å². The maximum Gasteiger partial charge on any atom is 0.250 e. The summed E-state index contributed by atoms with van der Waals surface area (Å²) in [5.74, 6) is 0.364. The quantitative estimate of drug-likeness (QED) is 0.585. The van der Waals surface area contributed by atoms with Gasteiger partial charge in [0, 0.05) is 18.8 Å². The van der Waals surface area contributed by atoms with Gasteiger partial charge in [-0.15, -0.1) is 0 Å². The molecule has 0 saturated heterocycles. The summed E-state index contributed by atoms with van der Waals surface area (Å²) in [7, 11) is 0. The lowest BCUT2D eigenvalue weighted by Gasteiger charge is -2.10. The third kappa shape index (κ3) is 5.37. The van der Waals surface area contributed by atoms with Crippen LogP contribution in [-0.4, -0.2) is 17.4 Å². The molecule has 144 valence electrons. The van der Waals surface area contributed by atoms with Crippen LogP contribution in [0.25, 0.3) is 0 Å². The number of amides is 1. The molecule has 0 aliphatic rings. The Bertz CT molecular complexity index is 958. The molecule has 0 bridgehead atoms. The third-order valence-corrected chi connectivity index (χ3v) is 4.28. The van der Waals surface area contributed by atoms with Crippen molar-refractivity contribution in [1.29, 1.82) is 0 Å². The predicted octanol–water partition coefficient (Wildman–Crippen LogP) is 3.75. The molecule has 0 aliphatic heterocycles. The van der Waals surface area contributed by atoms with Crippen molar-refractivity contribution in [3.8, 4) is 11.6 Å². The molecule has 2 aromatic carbocycles. The van der Waals surface area contributed by atoms with Crippen LogP contribution < -0.4 is 15.8 Å². The molecule has 3 aromatic rings. The lowest BCUT2D eigenvalue weighted by atomic mass is 10.1. The Morgan fingerprint density at radius 2 is 2.00 bits per heavy atom. The number of nitrogens with zero attached hydrogens (tertiary/aromatic N) is 1. The number of hydrogen-bond acceptors (Lipinski definition) is 4. The zero-order chi connectivity index (χ0) is 19.9. The van der Waals surface area contributed by atoms with Crippen LogP contribution in [0.3, 0.4) is 0 Å². The average molecular weight is 379 g/mol. The van der Waals surface area contributed by atoms with Gasteiger partial charge in [-0.05, 0) is 60.8 Å². The van der Waals surface area contributed by atoms with Crippen LogP contribution >= 0.6 is 0 Å². The molecule has 0 radical (unpaired) electrons. The van der Waals surface area contributed by atoms with Crippen molar-refractivity contribution in [2.45, 2.75) is 19.9 Å². The molecule has 28 heavy (non-hydrogen) atoms. The van der Waals surface area contributed by atoms with Crippen LogP contribution in [0, 0.1) is 12.7 Å². The van der Waals surface area contributed by atoms with E-state index in [4.69, 9.17) is 10.5 Å². The fourth-order valence-electron chi connectivity index (χ4n) is 2.79. The molecule has 0 saturated carbocycles. The van der Waals surface area contributed by atoms with Gasteiger partial charge in [0.25, 0.3) is 0 Å². The Hall–Kier alpha value is -3.25. The van der Waals surface area contributed by atoms with E-state index in [9.17, 15) is 9.18 Å². The first-order valence-electron chi connectivity index (χ1n) is 8.99. The van der Waals surface area contributed by atoms with E-state index in [-0.39, 0.29) is 5.82 Å². The van der Waals surface area contributed by atoms with Crippen LogP contribution in [0.1, 0.15) is 27.0 Å². The van der Waals surface area contributed by atoms with Crippen LogP contribution in [0.4, 0.5) is 4.39 Å². The van der Waals surface area contributed by atoms with Gasteiger partial charge in [0.05, 0.1) is 5.56 Å². The van der Waals surface area contributed by atoms with Gasteiger partial charge in [-0.3, -0.25) is 4.79 Å². The van der Waals surface area contributed by atoms with E-state index < -0.39 is 5.91 Å². The number of nitrogens with one attached hydrogen (secondary N) is 1. The number of ether oxygens (including phenoxy) is 1. The lowest BCUT2D eigenvalue weighted by Crippen LogP contribution is -2.16. The monoisotopic (exact) mass is 379 g/mol. The van der Waals surface area contributed by atoms with Gasteiger partial charge >= 0.3 is 0 Å². The van der Waals surface area contributed by atoms with E-state index in [1.54, 1.807) is 18.2 Å². The number of aryl methyl sites for hydroxylation is 1. The molecule has 1 aromatic heterocycles. The summed E-state index contributed by atoms with van der Waals surface area (Å²) in [4.78, 5) is 15.2. The topological polar surface area (TPSA) is 77.2 Å². The molecule has 1 amide bonds. The maximum absolute atomic E-state index is 13.2. The predicted molar refractivity (Wildman–Crippen MR) is 106 cm³/mol. The molecular formula is C22H22FN3O2. The Morgan fingerprint density at radius 1 is 1.14 bits per heavy atom. The number of rotatable bonds is 8. The summed E-state index contributed by atoms with van der Waals surface area (Å²) in [5, 5.41) is 3.32. The molecule has 3 rings (SSSR count). The van der Waals surface area contributed by atoms with Gasteiger partial charge in [-0.1, -0.05) is 24.3 Å². The highest BCUT2D eigenvalue weighted by Gasteiger charge is 2.06. The van der Waals surface area contributed by atoms with Crippen molar-refractivity contribution in [2.24, 2.45) is 5.73 Å². The van der Waals surface area contributed by atoms with E-state index in [1.807, 2.05) is 25.1 Å². The largest absolute Gasteiger partial charge is 0.439 e. The fourth-order valence-corrected chi connectivity index (χ4v) is 2.79. The van der Waals surface area contributed by atoms with Gasteiger partial charge in [-0.25, -0.2) is 9.37 Å². The molecule has 0 atom stereocenters. The minimum absolute atomic E-state index is 0.218. The Kier molecular flexibility index (Phi) is 6.34. The number of hydrogen-bond donors (Lipinski definition) is 2. The summed E-state index contributed by atoms with van der Waals surface area (Å²) < 4.78 is 18.9. The number of primary amides is 1. The fraction of sp³-hybridized carbons (Fsp3) is 0.182. The van der Waals surface area contributed by atoms with Crippen molar-refractivity contribution in [3.63, 3.8) is 0 Å². The van der Waals surface area contributed by atoms with Crippen molar-refractivity contribution in [1.82, 2.24) is 10.3 Å². The molecule has 1 heterocycles. The van der Waals surface area contributed by atoms with Crippen molar-refractivity contribution in [3.05, 3.63) is 88.9 Å². The molecule has 0 unspecified atom stereocenters. The highest BCUT2D eigenvalue weighted by atomic mass is 19.1. The average Bonchev–Trinajstić information content (AvgIpc) is 2.68. The Labute approximate surface area is 163 Å². The van der Waals surface area contributed by atoms with E-state index in [2.05, 4.69) is 16.4 Å². The van der Waals surface area contributed by atoms with Gasteiger partial charge in [0.15, 0.2) is 0 Å². The maximum atomic E-state index is 13.2. The van der Waals surface area contributed by atoms with E-state index >= 15 is 0 Å². The Morgan fingerprint density at radius 3 is 2.68 bits per heavy atom. The summed E-state index contributed by atoms with van der Waals surface area (Å²) >= 11 is 0. The first-order chi connectivity index (χ1) is 13.5. The molecule has 3 N–H and O–H groups in total. The van der Waals surface area contributed by atoms with Crippen LogP contribution in [0.15, 0.2) is 60.8 Å². The third-order valence-electron chi connectivity index (χ3n) is 4.28. The second-order valence-electron chi connectivity index (χ2n) is 6.51. The van der Waals surface area contributed by atoms with Gasteiger partial charge < -0.3 is 15.8 Å². The Balaban J connectivity index is 1.52. The second kappa shape index (κ2) is 9.10. The smallest absolute Gasteiger partial charge is 0.250 e. The number of carbonyl (C=O) groups is 1. The summed E-state index contributed by atoms with van der Waals surface area (Å²) in [5.41, 5.74) is 8.63. The van der Waals surface area contributed by atoms with E-state index in [1.165, 1.54) is 23.9 Å². The van der Waals surface area contributed by atoms with E-state index in [0.29, 0.717) is 23.7 Å². The first-order valence-corrected chi connectivity index (χ1v) is 8.99. The second-order valence-corrected chi connectivity index (χ2v) is 6.51. The summed E-state index contributed by atoms with van der Waals surface area (Å²) in [6.45, 7) is 3.38. The highest BCUT2D eigenvalue weighted by molar-refractivity contribution is 5.92. The van der Waals surface area contributed by atoms with Crippen molar-refractivity contribution < 1.29 is 13.9 Å². The number of carbonyl (C=O) groups excluding carboxylic acids is 1. The molecule has 0 fully saturated rings. The molecule has 5 nitrogen and oxygen atoms in total. The number of nitrogens with two attached hydrogens (primary N) is 1. The SMILES string of the molecule is Cc1cc(CCNCc2cccc(F)c2)ccc1Oc1ccc(C(N)=O)cn1. The first kappa shape index (κ1) is 19.5. The number of pyridine rings is 1. The van der Waals surface area contributed by atoms with Crippen molar-refractivity contribution in [2.75, 3.05) is 6.54 Å². The molecule has 6 heteroatoms.